The number of carbonyl (C=O) groups is 1. The molecular formula is C13H16N4O2S. The van der Waals surface area contributed by atoms with Crippen LogP contribution in [-0.4, -0.2) is 31.1 Å². The van der Waals surface area contributed by atoms with Crippen molar-refractivity contribution in [3.8, 4) is 10.6 Å². The van der Waals surface area contributed by atoms with Crippen molar-refractivity contribution < 1.29 is 9.90 Å². The SMILES string of the molecule is Cc1nc(C)c(-c2c(C(=O)O)nnn2C2CCCC2)s1. The van der Waals surface area contributed by atoms with Gasteiger partial charge in [-0.05, 0) is 26.7 Å². The number of aromatic nitrogens is 4. The van der Waals surface area contributed by atoms with E-state index in [-0.39, 0.29) is 11.7 Å². The van der Waals surface area contributed by atoms with E-state index in [0.29, 0.717) is 5.69 Å². The van der Waals surface area contributed by atoms with Gasteiger partial charge in [0.15, 0.2) is 5.69 Å². The predicted octanol–water partition coefficient (Wildman–Crippen LogP) is 2.83. The van der Waals surface area contributed by atoms with Gasteiger partial charge in [0.1, 0.15) is 5.69 Å². The van der Waals surface area contributed by atoms with Crippen molar-refractivity contribution in [1.82, 2.24) is 20.0 Å². The third-order valence-electron chi connectivity index (χ3n) is 3.69. The van der Waals surface area contributed by atoms with Crippen LogP contribution in [-0.2, 0) is 0 Å². The largest absolute Gasteiger partial charge is 0.476 e. The molecule has 1 saturated carbocycles. The first kappa shape index (κ1) is 13.2. The molecule has 0 radical (unpaired) electrons. The highest BCUT2D eigenvalue weighted by Gasteiger charge is 2.29. The molecule has 0 spiro atoms. The fourth-order valence-electron chi connectivity index (χ4n) is 2.80. The van der Waals surface area contributed by atoms with Crippen LogP contribution in [0.4, 0.5) is 0 Å². The highest BCUT2D eigenvalue weighted by atomic mass is 32.1. The predicted molar refractivity (Wildman–Crippen MR) is 75.1 cm³/mol. The molecule has 106 valence electrons. The molecule has 0 atom stereocenters. The van der Waals surface area contributed by atoms with E-state index < -0.39 is 5.97 Å². The summed E-state index contributed by atoms with van der Waals surface area (Å²) in [5.41, 5.74) is 1.49. The van der Waals surface area contributed by atoms with Crippen LogP contribution in [0.5, 0.6) is 0 Å². The van der Waals surface area contributed by atoms with Crippen molar-refractivity contribution in [3.05, 3.63) is 16.4 Å². The Hall–Kier alpha value is -1.76. The van der Waals surface area contributed by atoms with Gasteiger partial charge in [0, 0.05) is 0 Å². The number of thiazole rings is 1. The Morgan fingerprint density at radius 2 is 2.05 bits per heavy atom. The molecule has 0 bridgehead atoms. The van der Waals surface area contributed by atoms with Crippen molar-refractivity contribution in [2.24, 2.45) is 0 Å². The third kappa shape index (κ3) is 2.11. The maximum Gasteiger partial charge on any atom is 0.358 e. The minimum atomic E-state index is -1.03. The zero-order valence-corrected chi connectivity index (χ0v) is 12.3. The number of nitrogens with zero attached hydrogens (tertiary/aromatic N) is 4. The maximum absolute atomic E-state index is 11.4. The van der Waals surface area contributed by atoms with E-state index in [1.807, 2.05) is 13.8 Å². The van der Waals surface area contributed by atoms with E-state index in [4.69, 9.17) is 0 Å². The average Bonchev–Trinajstić information content (AvgIpc) is 3.07. The lowest BCUT2D eigenvalue weighted by Gasteiger charge is -2.12. The number of hydrogen-bond donors (Lipinski definition) is 1. The summed E-state index contributed by atoms with van der Waals surface area (Å²) in [4.78, 5) is 16.7. The van der Waals surface area contributed by atoms with Crippen molar-refractivity contribution in [1.29, 1.82) is 0 Å². The smallest absolute Gasteiger partial charge is 0.358 e. The Morgan fingerprint density at radius 3 is 2.60 bits per heavy atom. The first-order valence-electron chi connectivity index (χ1n) is 6.71. The van der Waals surface area contributed by atoms with Crippen molar-refractivity contribution in [3.63, 3.8) is 0 Å². The number of carboxylic acids is 1. The Labute approximate surface area is 120 Å². The van der Waals surface area contributed by atoms with Gasteiger partial charge < -0.3 is 5.11 Å². The van der Waals surface area contributed by atoms with Crippen LogP contribution in [0, 0.1) is 13.8 Å². The molecular weight excluding hydrogens is 276 g/mol. The second-order valence-corrected chi connectivity index (χ2v) is 6.33. The molecule has 1 aliphatic rings. The van der Waals surface area contributed by atoms with Crippen molar-refractivity contribution >= 4 is 17.3 Å². The van der Waals surface area contributed by atoms with Crippen LogP contribution in [0.1, 0.15) is 52.9 Å². The van der Waals surface area contributed by atoms with Gasteiger partial charge in [0.05, 0.1) is 21.6 Å². The minimum Gasteiger partial charge on any atom is -0.476 e. The maximum atomic E-state index is 11.4. The van der Waals surface area contributed by atoms with Gasteiger partial charge in [-0.15, -0.1) is 16.4 Å². The van der Waals surface area contributed by atoms with Gasteiger partial charge in [-0.25, -0.2) is 14.5 Å². The van der Waals surface area contributed by atoms with E-state index in [1.54, 1.807) is 4.68 Å². The lowest BCUT2D eigenvalue weighted by molar-refractivity contribution is 0.0691. The summed E-state index contributed by atoms with van der Waals surface area (Å²) in [5, 5.41) is 18.3. The van der Waals surface area contributed by atoms with Crippen LogP contribution < -0.4 is 0 Å². The van der Waals surface area contributed by atoms with Crippen LogP contribution in [0.2, 0.25) is 0 Å². The second kappa shape index (κ2) is 4.97. The molecule has 3 rings (SSSR count). The number of carboxylic acid groups (broad SMARTS) is 1. The van der Waals surface area contributed by atoms with Gasteiger partial charge in [0.2, 0.25) is 0 Å². The molecule has 1 N–H and O–H groups in total. The summed E-state index contributed by atoms with van der Waals surface area (Å²) in [6.45, 7) is 3.82. The normalized spacial score (nSPS) is 15.9. The summed E-state index contributed by atoms with van der Waals surface area (Å²) < 4.78 is 1.80. The molecule has 0 aliphatic heterocycles. The molecule has 20 heavy (non-hydrogen) atoms. The number of rotatable bonds is 3. The zero-order chi connectivity index (χ0) is 14.3. The fourth-order valence-corrected chi connectivity index (χ4v) is 3.76. The Kier molecular flexibility index (Phi) is 3.29. The van der Waals surface area contributed by atoms with Gasteiger partial charge in [-0.1, -0.05) is 18.1 Å². The molecule has 6 nitrogen and oxygen atoms in total. The zero-order valence-electron chi connectivity index (χ0n) is 11.5. The van der Waals surface area contributed by atoms with Crippen LogP contribution in [0.15, 0.2) is 0 Å². The first-order valence-corrected chi connectivity index (χ1v) is 7.52. The molecule has 2 heterocycles. The number of aryl methyl sites for hydroxylation is 2. The monoisotopic (exact) mass is 292 g/mol. The number of hydrogen-bond acceptors (Lipinski definition) is 5. The highest BCUT2D eigenvalue weighted by molar-refractivity contribution is 7.15. The Morgan fingerprint density at radius 1 is 1.35 bits per heavy atom. The lowest BCUT2D eigenvalue weighted by Crippen LogP contribution is -2.09. The molecule has 0 amide bonds. The topological polar surface area (TPSA) is 80.9 Å². The Bertz CT molecular complexity index is 655. The summed E-state index contributed by atoms with van der Waals surface area (Å²) in [6.07, 6.45) is 4.39. The standard InChI is InChI=1S/C13H16N4O2S/c1-7-12(20-8(2)14-7)11-10(13(18)19)15-16-17(11)9-5-3-4-6-9/h9H,3-6H2,1-2H3,(H,18,19). The second-order valence-electron chi connectivity index (χ2n) is 5.12. The van der Waals surface area contributed by atoms with Gasteiger partial charge >= 0.3 is 5.97 Å². The molecule has 7 heteroatoms. The average molecular weight is 292 g/mol. The van der Waals surface area contributed by atoms with Crippen molar-refractivity contribution in [2.75, 3.05) is 0 Å². The molecule has 0 aromatic carbocycles. The van der Waals surface area contributed by atoms with Crippen LogP contribution >= 0.6 is 11.3 Å². The minimum absolute atomic E-state index is 0.0312. The molecule has 2 aromatic rings. The van der Waals surface area contributed by atoms with Gasteiger partial charge in [-0.3, -0.25) is 0 Å². The van der Waals surface area contributed by atoms with Crippen molar-refractivity contribution in [2.45, 2.75) is 45.6 Å². The molecule has 0 saturated heterocycles. The Balaban J connectivity index is 2.17. The molecule has 1 aliphatic carbocycles. The summed E-state index contributed by atoms with van der Waals surface area (Å²) in [5.74, 6) is -1.03. The van der Waals surface area contributed by atoms with E-state index in [0.717, 1.165) is 41.3 Å². The van der Waals surface area contributed by atoms with E-state index in [1.165, 1.54) is 11.3 Å². The highest BCUT2D eigenvalue weighted by Crippen LogP contribution is 2.37. The summed E-state index contributed by atoms with van der Waals surface area (Å²) >= 11 is 1.50. The van der Waals surface area contributed by atoms with E-state index in [9.17, 15) is 9.90 Å². The molecule has 0 unspecified atom stereocenters. The van der Waals surface area contributed by atoms with Gasteiger partial charge in [-0.2, -0.15) is 0 Å². The lowest BCUT2D eigenvalue weighted by atomic mass is 10.2. The summed E-state index contributed by atoms with van der Waals surface area (Å²) in [7, 11) is 0. The third-order valence-corrected chi connectivity index (χ3v) is 4.77. The number of aromatic carboxylic acids is 1. The molecule has 2 aromatic heterocycles. The van der Waals surface area contributed by atoms with E-state index in [2.05, 4.69) is 15.3 Å². The van der Waals surface area contributed by atoms with Crippen LogP contribution in [0.3, 0.4) is 0 Å². The fraction of sp³-hybridized carbons (Fsp3) is 0.538. The first-order chi connectivity index (χ1) is 9.58. The quantitative estimate of drug-likeness (QED) is 0.940. The van der Waals surface area contributed by atoms with E-state index >= 15 is 0 Å². The molecule has 1 fully saturated rings. The van der Waals surface area contributed by atoms with Crippen LogP contribution in [0.25, 0.3) is 10.6 Å². The van der Waals surface area contributed by atoms with Gasteiger partial charge in [0.25, 0.3) is 0 Å². The summed E-state index contributed by atoms with van der Waals surface area (Å²) in [6, 6.07) is 0.257.